The van der Waals surface area contributed by atoms with Crippen LogP contribution in [-0.2, 0) is 0 Å². The third-order valence-corrected chi connectivity index (χ3v) is 3.16. The fourth-order valence-corrected chi connectivity index (χ4v) is 1.96. The minimum absolute atomic E-state index is 0.401. The Morgan fingerprint density at radius 1 is 1.11 bits per heavy atom. The summed E-state index contributed by atoms with van der Waals surface area (Å²) in [6.07, 6.45) is 2.24. The van der Waals surface area contributed by atoms with Gasteiger partial charge in [0, 0.05) is 17.7 Å². The van der Waals surface area contributed by atoms with Crippen LogP contribution in [0.3, 0.4) is 0 Å². The molecular weight excluding hydrogens is 244 g/mol. The van der Waals surface area contributed by atoms with Gasteiger partial charge in [-0.1, -0.05) is 0 Å². The monoisotopic (exact) mass is 262 g/mol. The second kappa shape index (κ2) is 5.81. The third-order valence-electron chi connectivity index (χ3n) is 3.16. The summed E-state index contributed by atoms with van der Waals surface area (Å²) in [7, 11) is 4.72. The maximum atomic E-state index is 9.33. The lowest BCUT2D eigenvalue weighted by atomic mass is 10.1. The molecule has 19 heavy (non-hydrogen) atoms. The summed E-state index contributed by atoms with van der Waals surface area (Å²) in [5, 5.41) is 12.6. The van der Waals surface area contributed by atoms with Gasteiger partial charge in [-0.15, -0.1) is 0 Å². The van der Waals surface area contributed by atoms with Crippen LogP contribution in [0.25, 0.3) is 0 Å². The Balaban J connectivity index is 2.38. The third kappa shape index (κ3) is 2.91. The average molecular weight is 262 g/mol. The van der Waals surface area contributed by atoms with E-state index in [9.17, 15) is 5.26 Å². The molecule has 0 aliphatic heterocycles. The van der Waals surface area contributed by atoms with Crippen LogP contribution in [0.2, 0.25) is 0 Å². The molecule has 0 radical (unpaired) electrons. The predicted molar refractivity (Wildman–Crippen MR) is 70.6 cm³/mol. The number of nitrogens with one attached hydrogen (secondary N) is 1. The second-order valence-corrected chi connectivity index (χ2v) is 4.45. The first-order valence-corrected chi connectivity index (χ1v) is 6.19. The minimum Gasteiger partial charge on any atom is -0.496 e. The van der Waals surface area contributed by atoms with Crippen LogP contribution in [0.15, 0.2) is 12.1 Å². The number of hydrogen-bond donors (Lipinski definition) is 1. The highest BCUT2D eigenvalue weighted by molar-refractivity contribution is 5.53. The molecule has 0 saturated heterocycles. The van der Waals surface area contributed by atoms with Crippen LogP contribution in [0.5, 0.6) is 17.2 Å². The van der Waals surface area contributed by atoms with Gasteiger partial charge in [-0.2, -0.15) is 5.26 Å². The van der Waals surface area contributed by atoms with E-state index >= 15 is 0 Å². The quantitative estimate of drug-likeness (QED) is 0.849. The van der Waals surface area contributed by atoms with E-state index in [1.807, 2.05) is 0 Å². The Labute approximate surface area is 113 Å². The normalized spacial score (nSPS) is 15.5. The summed E-state index contributed by atoms with van der Waals surface area (Å²) in [5.41, 5.74) is 0.773. The standard InChI is InChI=1S/C14H18N2O3/c1-17-12-7-14(19-3)13(18-2)6-10(12)11(8-15)16-9-4-5-9/h6-7,9,11,16H,4-5H2,1-3H3. The zero-order valence-electron chi connectivity index (χ0n) is 11.4. The van der Waals surface area contributed by atoms with Gasteiger partial charge in [0.05, 0.1) is 27.4 Å². The van der Waals surface area contributed by atoms with Crippen molar-refractivity contribution in [2.24, 2.45) is 0 Å². The molecule has 1 fully saturated rings. The first-order valence-electron chi connectivity index (χ1n) is 6.19. The van der Waals surface area contributed by atoms with Crippen LogP contribution in [0, 0.1) is 11.3 Å². The van der Waals surface area contributed by atoms with Gasteiger partial charge in [-0.25, -0.2) is 0 Å². The summed E-state index contributed by atoms with van der Waals surface area (Å²) in [6.45, 7) is 0. The average Bonchev–Trinajstić information content (AvgIpc) is 3.27. The zero-order chi connectivity index (χ0) is 13.8. The Morgan fingerprint density at radius 3 is 2.16 bits per heavy atom. The number of hydrogen-bond acceptors (Lipinski definition) is 5. The maximum absolute atomic E-state index is 9.33. The molecule has 5 heteroatoms. The van der Waals surface area contributed by atoms with Crippen LogP contribution in [-0.4, -0.2) is 27.4 Å². The molecule has 1 N–H and O–H groups in total. The number of ether oxygens (including phenoxy) is 3. The Bertz CT molecular complexity index is 492. The summed E-state index contributed by atoms with van der Waals surface area (Å²) < 4.78 is 15.9. The number of methoxy groups -OCH3 is 3. The van der Waals surface area contributed by atoms with Crippen molar-refractivity contribution in [3.8, 4) is 23.3 Å². The molecular formula is C14H18N2O3. The van der Waals surface area contributed by atoms with E-state index in [1.165, 1.54) is 0 Å². The molecule has 0 spiro atoms. The number of benzene rings is 1. The summed E-state index contributed by atoms with van der Waals surface area (Å²) in [5.74, 6) is 1.81. The van der Waals surface area contributed by atoms with Gasteiger partial charge in [0.2, 0.25) is 0 Å². The summed E-state index contributed by atoms with van der Waals surface area (Å²) >= 11 is 0. The van der Waals surface area contributed by atoms with Crippen molar-refractivity contribution >= 4 is 0 Å². The molecule has 1 aromatic carbocycles. The Morgan fingerprint density at radius 2 is 1.68 bits per heavy atom. The summed E-state index contributed by atoms with van der Waals surface area (Å²) in [6, 6.07) is 5.83. The van der Waals surface area contributed by atoms with Gasteiger partial charge in [0.1, 0.15) is 11.8 Å². The number of nitrogens with zero attached hydrogens (tertiary/aromatic N) is 1. The van der Waals surface area contributed by atoms with E-state index < -0.39 is 6.04 Å². The van der Waals surface area contributed by atoms with Gasteiger partial charge in [-0.3, -0.25) is 5.32 Å². The van der Waals surface area contributed by atoms with E-state index in [0.29, 0.717) is 23.3 Å². The minimum atomic E-state index is -0.401. The maximum Gasteiger partial charge on any atom is 0.164 e. The SMILES string of the molecule is COc1cc(OC)c(C(C#N)NC2CC2)cc1OC. The topological polar surface area (TPSA) is 63.5 Å². The van der Waals surface area contributed by atoms with E-state index in [4.69, 9.17) is 14.2 Å². The molecule has 2 rings (SSSR count). The molecule has 1 aliphatic carbocycles. The van der Waals surface area contributed by atoms with Crippen LogP contribution < -0.4 is 19.5 Å². The molecule has 0 aromatic heterocycles. The summed E-state index contributed by atoms with van der Waals surface area (Å²) in [4.78, 5) is 0. The van der Waals surface area contributed by atoms with E-state index in [1.54, 1.807) is 33.5 Å². The van der Waals surface area contributed by atoms with Gasteiger partial charge in [0.25, 0.3) is 0 Å². The highest BCUT2D eigenvalue weighted by Crippen LogP contribution is 2.38. The van der Waals surface area contributed by atoms with Gasteiger partial charge >= 0.3 is 0 Å². The first kappa shape index (κ1) is 13.5. The molecule has 1 unspecified atom stereocenters. The predicted octanol–water partition coefficient (Wildman–Crippen LogP) is 2.03. The molecule has 0 amide bonds. The van der Waals surface area contributed by atoms with Crippen LogP contribution >= 0.6 is 0 Å². The van der Waals surface area contributed by atoms with Crippen molar-refractivity contribution < 1.29 is 14.2 Å². The van der Waals surface area contributed by atoms with Crippen molar-refractivity contribution in [1.29, 1.82) is 5.26 Å². The molecule has 1 aliphatic rings. The fraction of sp³-hybridized carbons (Fsp3) is 0.500. The molecule has 0 heterocycles. The van der Waals surface area contributed by atoms with Crippen molar-refractivity contribution in [1.82, 2.24) is 5.32 Å². The molecule has 102 valence electrons. The second-order valence-electron chi connectivity index (χ2n) is 4.45. The number of rotatable bonds is 6. The molecule has 5 nitrogen and oxygen atoms in total. The van der Waals surface area contributed by atoms with Crippen molar-refractivity contribution in [3.05, 3.63) is 17.7 Å². The Kier molecular flexibility index (Phi) is 4.13. The highest BCUT2D eigenvalue weighted by atomic mass is 16.5. The smallest absolute Gasteiger partial charge is 0.164 e. The van der Waals surface area contributed by atoms with Gasteiger partial charge in [-0.05, 0) is 18.9 Å². The van der Waals surface area contributed by atoms with Crippen LogP contribution in [0.4, 0.5) is 0 Å². The molecule has 1 saturated carbocycles. The molecule has 0 bridgehead atoms. The van der Waals surface area contributed by atoms with Crippen molar-refractivity contribution in [2.75, 3.05) is 21.3 Å². The lowest BCUT2D eigenvalue weighted by Crippen LogP contribution is -2.22. The number of nitriles is 1. The highest BCUT2D eigenvalue weighted by Gasteiger charge is 2.27. The largest absolute Gasteiger partial charge is 0.496 e. The van der Waals surface area contributed by atoms with Crippen LogP contribution in [0.1, 0.15) is 24.4 Å². The van der Waals surface area contributed by atoms with Gasteiger partial charge < -0.3 is 14.2 Å². The van der Waals surface area contributed by atoms with Crippen molar-refractivity contribution in [2.45, 2.75) is 24.9 Å². The zero-order valence-corrected chi connectivity index (χ0v) is 11.4. The van der Waals surface area contributed by atoms with Gasteiger partial charge in [0.15, 0.2) is 11.5 Å². The van der Waals surface area contributed by atoms with E-state index in [2.05, 4.69) is 11.4 Å². The lowest BCUT2D eigenvalue weighted by molar-refractivity contribution is 0.346. The lowest BCUT2D eigenvalue weighted by Gasteiger charge is -2.18. The first-order chi connectivity index (χ1) is 9.23. The van der Waals surface area contributed by atoms with E-state index in [-0.39, 0.29) is 0 Å². The molecule has 1 atom stereocenters. The Hall–Kier alpha value is -1.93. The molecule has 1 aromatic rings. The van der Waals surface area contributed by atoms with E-state index in [0.717, 1.165) is 18.4 Å². The fourth-order valence-electron chi connectivity index (χ4n) is 1.96. The van der Waals surface area contributed by atoms with Crippen molar-refractivity contribution in [3.63, 3.8) is 0 Å².